The molecule has 9 aromatic carbocycles. The zero-order chi connectivity index (χ0) is 36.0. The highest BCUT2D eigenvalue weighted by atomic mass is 15.0. The number of aromatic nitrogens is 1. The topological polar surface area (TPSA) is 4.93 Å². The van der Waals surface area contributed by atoms with Gasteiger partial charge in [-0.25, -0.2) is 0 Å². The van der Waals surface area contributed by atoms with Crippen LogP contribution in [0.25, 0.3) is 71.6 Å². The molecular weight excluding hydrogens is 663 g/mol. The Kier molecular flexibility index (Phi) is 6.53. The second-order valence-electron chi connectivity index (χ2n) is 15.2. The molecule has 256 valence electrons. The molecule has 1 aromatic heterocycles. The van der Waals surface area contributed by atoms with Crippen molar-refractivity contribution in [2.24, 2.45) is 0 Å². The average Bonchev–Trinajstić information content (AvgIpc) is 3.89. The Bertz CT molecular complexity index is 3150. The lowest BCUT2D eigenvalue weighted by molar-refractivity contribution is 1.02. The Hall–Kier alpha value is -6.96. The van der Waals surface area contributed by atoms with Crippen molar-refractivity contribution >= 4 is 32.6 Å². The van der Waals surface area contributed by atoms with E-state index in [4.69, 9.17) is 0 Å². The Balaban J connectivity index is 1.08. The van der Waals surface area contributed by atoms with Crippen molar-refractivity contribution in [1.29, 1.82) is 0 Å². The first-order valence-electron chi connectivity index (χ1n) is 19.3. The van der Waals surface area contributed by atoms with E-state index in [-0.39, 0.29) is 11.8 Å². The number of hydrogen-bond acceptors (Lipinski definition) is 0. The van der Waals surface area contributed by atoms with E-state index in [2.05, 4.69) is 205 Å². The standard InChI is InChI=1S/C54H35N/c1-3-14-35(15-4-1)52-44-22-12-9-19-41(44)45-28-30-50-53(54(45)52)48-33-38(26-29-49(48)55(50)40-17-5-2-6-18-40)37-25-27-46-47(32-37)42-20-10-11-21-43(42)51(46)39-24-23-34-13-7-8-16-36(34)31-39/h1-33,51-52H. The van der Waals surface area contributed by atoms with Crippen LogP contribution in [0.2, 0.25) is 0 Å². The van der Waals surface area contributed by atoms with Gasteiger partial charge >= 0.3 is 0 Å². The maximum absolute atomic E-state index is 2.47. The SMILES string of the molecule is c1ccc(C2c3ccccc3-c3ccc4c(c32)c2cc(-c3ccc5c(c3)-c3ccccc3C5c3ccc5ccccc5c3)ccc2n4-c2ccccc2)cc1. The number of para-hydroxylation sites is 1. The Morgan fingerprint density at radius 3 is 1.78 bits per heavy atom. The first kappa shape index (κ1) is 30.5. The normalized spacial score (nSPS) is 15.3. The summed E-state index contributed by atoms with van der Waals surface area (Å²) in [5.74, 6) is 0.355. The summed E-state index contributed by atoms with van der Waals surface area (Å²) in [5.41, 5.74) is 19.7. The molecule has 0 bridgehead atoms. The fourth-order valence-electron chi connectivity index (χ4n) is 9.98. The second kappa shape index (κ2) is 11.8. The predicted octanol–water partition coefficient (Wildman–Crippen LogP) is 13.9. The highest BCUT2D eigenvalue weighted by Gasteiger charge is 2.34. The van der Waals surface area contributed by atoms with Gasteiger partial charge in [0.25, 0.3) is 0 Å². The van der Waals surface area contributed by atoms with Crippen molar-refractivity contribution in [2.75, 3.05) is 0 Å². The van der Waals surface area contributed by atoms with Gasteiger partial charge < -0.3 is 4.57 Å². The number of hydrogen-bond donors (Lipinski definition) is 0. The molecule has 1 heteroatoms. The van der Waals surface area contributed by atoms with Crippen LogP contribution in [0.3, 0.4) is 0 Å². The van der Waals surface area contributed by atoms with Gasteiger partial charge in [-0.05, 0) is 114 Å². The van der Waals surface area contributed by atoms with Crippen molar-refractivity contribution in [3.63, 3.8) is 0 Å². The maximum Gasteiger partial charge on any atom is 0.0544 e. The first-order valence-corrected chi connectivity index (χ1v) is 19.3. The molecule has 0 spiro atoms. The predicted molar refractivity (Wildman–Crippen MR) is 229 cm³/mol. The van der Waals surface area contributed by atoms with E-state index in [1.54, 1.807) is 0 Å². The van der Waals surface area contributed by atoms with Crippen LogP contribution in [0, 0.1) is 0 Å². The third-order valence-electron chi connectivity index (χ3n) is 12.3. The number of rotatable bonds is 4. The molecule has 55 heavy (non-hydrogen) atoms. The number of benzene rings is 9. The Morgan fingerprint density at radius 1 is 0.345 bits per heavy atom. The van der Waals surface area contributed by atoms with Crippen LogP contribution in [0.1, 0.15) is 45.2 Å². The van der Waals surface area contributed by atoms with Gasteiger partial charge in [0.2, 0.25) is 0 Å². The highest BCUT2D eigenvalue weighted by molar-refractivity contribution is 6.15. The van der Waals surface area contributed by atoms with Crippen LogP contribution in [-0.4, -0.2) is 4.57 Å². The molecule has 0 aliphatic heterocycles. The summed E-state index contributed by atoms with van der Waals surface area (Å²) in [6.07, 6.45) is 0. The Morgan fingerprint density at radius 2 is 0.964 bits per heavy atom. The summed E-state index contributed by atoms with van der Waals surface area (Å²) < 4.78 is 2.47. The lowest BCUT2D eigenvalue weighted by Crippen LogP contribution is -2.00. The van der Waals surface area contributed by atoms with E-state index >= 15 is 0 Å². The van der Waals surface area contributed by atoms with Gasteiger partial charge in [-0.2, -0.15) is 0 Å². The van der Waals surface area contributed by atoms with E-state index in [0.29, 0.717) is 0 Å². The molecule has 0 saturated heterocycles. The minimum Gasteiger partial charge on any atom is -0.309 e. The van der Waals surface area contributed by atoms with Crippen molar-refractivity contribution in [2.45, 2.75) is 11.8 Å². The van der Waals surface area contributed by atoms with Gasteiger partial charge in [0, 0.05) is 28.3 Å². The van der Waals surface area contributed by atoms with Crippen molar-refractivity contribution in [3.8, 4) is 39.1 Å². The molecule has 0 radical (unpaired) electrons. The van der Waals surface area contributed by atoms with Crippen molar-refractivity contribution in [3.05, 3.63) is 234 Å². The molecular formula is C54H35N. The maximum atomic E-state index is 2.47. The number of nitrogens with zero attached hydrogens (tertiary/aromatic N) is 1. The van der Waals surface area contributed by atoms with E-state index < -0.39 is 0 Å². The van der Waals surface area contributed by atoms with Crippen LogP contribution in [0.5, 0.6) is 0 Å². The molecule has 12 rings (SSSR count). The summed E-state index contributed by atoms with van der Waals surface area (Å²) in [7, 11) is 0. The molecule has 0 amide bonds. The summed E-state index contributed by atoms with van der Waals surface area (Å²) in [6, 6.07) is 74.6. The lowest BCUT2D eigenvalue weighted by atomic mass is 9.86. The zero-order valence-electron chi connectivity index (χ0n) is 30.2. The highest BCUT2D eigenvalue weighted by Crippen LogP contribution is 2.54. The fourth-order valence-corrected chi connectivity index (χ4v) is 9.98. The molecule has 2 aliphatic rings. The van der Waals surface area contributed by atoms with Crippen LogP contribution >= 0.6 is 0 Å². The van der Waals surface area contributed by atoms with E-state index in [1.165, 1.54) is 105 Å². The van der Waals surface area contributed by atoms with E-state index in [9.17, 15) is 0 Å². The molecule has 1 heterocycles. The van der Waals surface area contributed by atoms with E-state index in [1.807, 2.05) is 0 Å². The minimum atomic E-state index is 0.151. The molecule has 0 fully saturated rings. The molecule has 2 atom stereocenters. The van der Waals surface area contributed by atoms with E-state index in [0.717, 1.165) is 0 Å². The van der Waals surface area contributed by atoms with Gasteiger partial charge in [-0.1, -0.05) is 164 Å². The van der Waals surface area contributed by atoms with Crippen LogP contribution < -0.4 is 0 Å². The largest absolute Gasteiger partial charge is 0.309 e. The second-order valence-corrected chi connectivity index (χ2v) is 15.2. The summed E-state index contributed by atoms with van der Waals surface area (Å²) in [5, 5.41) is 5.19. The molecule has 2 unspecified atom stereocenters. The van der Waals surface area contributed by atoms with Crippen LogP contribution in [0.4, 0.5) is 0 Å². The quantitative estimate of drug-likeness (QED) is 0.173. The Labute approximate surface area is 320 Å². The third-order valence-corrected chi connectivity index (χ3v) is 12.3. The molecule has 1 nitrogen and oxygen atoms in total. The van der Waals surface area contributed by atoms with Gasteiger partial charge in [-0.3, -0.25) is 0 Å². The molecule has 0 saturated carbocycles. The zero-order valence-corrected chi connectivity index (χ0v) is 30.2. The fraction of sp³-hybridized carbons (Fsp3) is 0.0370. The van der Waals surface area contributed by atoms with Gasteiger partial charge in [0.15, 0.2) is 0 Å². The third kappa shape index (κ3) is 4.47. The molecule has 10 aromatic rings. The van der Waals surface area contributed by atoms with Gasteiger partial charge in [0.05, 0.1) is 11.0 Å². The van der Waals surface area contributed by atoms with Crippen molar-refractivity contribution < 1.29 is 0 Å². The minimum absolute atomic E-state index is 0.151. The molecule has 0 N–H and O–H groups in total. The van der Waals surface area contributed by atoms with Crippen molar-refractivity contribution in [1.82, 2.24) is 4.57 Å². The smallest absolute Gasteiger partial charge is 0.0544 e. The van der Waals surface area contributed by atoms with Gasteiger partial charge in [0.1, 0.15) is 0 Å². The summed E-state index contributed by atoms with van der Waals surface area (Å²) in [4.78, 5) is 0. The average molecular weight is 698 g/mol. The lowest BCUT2D eigenvalue weighted by Gasteiger charge is -2.16. The van der Waals surface area contributed by atoms with Crippen LogP contribution in [0.15, 0.2) is 200 Å². The van der Waals surface area contributed by atoms with Gasteiger partial charge in [-0.15, -0.1) is 0 Å². The number of fused-ring (bicyclic) bond motifs is 11. The summed E-state index contributed by atoms with van der Waals surface area (Å²) >= 11 is 0. The first-order chi connectivity index (χ1) is 27.3. The molecule has 2 aliphatic carbocycles. The summed E-state index contributed by atoms with van der Waals surface area (Å²) in [6.45, 7) is 0. The van der Waals surface area contributed by atoms with Crippen LogP contribution in [-0.2, 0) is 0 Å². The monoisotopic (exact) mass is 697 g/mol.